The molecule has 1 aliphatic rings. The van der Waals surface area contributed by atoms with E-state index in [2.05, 4.69) is 22.7 Å². The van der Waals surface area contributed by atoms with Crippen molar-refractivity contribution in [1.82, 2.24) is 0 Å². The molecule has 0 aromatic heterocycles. The number of amidine groups is 1. The molecule has 4 nitrogen and oxygen atoms in total. The van der Waals surface area contributed by atoms with Gasteiger partial charge in [-0.25, -0.2) is 4.99 Å². The number of hydrogen-bond acceptors (Lipinski definition) is 4. The van der Waals surface area contributed by atoms with Crippen LogP contribution in [0.15, 0.2) is 29.3 Å². The van der Waals surface area contributed by atoms with Crippen LogP contribution in [0.25, 0.3) is 0 Å². The van der Waals surface area contributed by atoms with Crippen LogP contribution in [-0.2, 0) is 4.74 Å². The predicted octanol–water partition coefficient (Wildman–Crippen LogP) is 1.66. The van der Waals surface area contributed by atoms with Crippen molar-refractivity contribution in [3.8, 4) is 0 Å². The molecule has 0 bridgehead atoms. The summed E-state index contributed by atoms with van der Waals surface area (Å²) >= 11 is 0. The maximum atomic E-state index is 7.00. The normalized spacial score (nSPS) is 16.1. The lowest BCUT2D eigenvalue weighted by atomic mass is 10.0. The van der Waals surface area contributed by atoms with Crippen LogP contribution in [0.3, 0.4) is 0 Å². The highest BCUT2D eigenvalue weighted by molar-refractivity contribution is 5.94. The topological polar surface area (TPSA) is 67.8 Å². The van der Waals surface area contributed by atoms with Crippen molar-refractivity contribution in [2.24, 2.45) is 10.7 Å². The minimum Gasteiger partial charge on any atom is -0.400 e. The summed E-state index contributed by atoms with van der Waals surface area (Å²) < 4.78 is 4.25. The van der Waals surface area contributed by atoms with Gasteiger partial charge in [0.15, 0.2) is 0 Å². The minimum atomic E-state index is 0.297. The fourth-order valence-electron chi connectivity index (χ4n) is 1.35. The second-order valence-electron chi connectivity index (χ2n) is 3.23. The molecule has 0 amide bonds. The Bertz CT molecular complexity index is 338. The zero-order chi connectivity index (χ0) is 12.6. The molecule has 90 valence electrons. The van der Waals surface area contributed by atoms with Crippen LogP contribution in [0.5, 0.6) is 0 Å². The molecule has 1 aromatic rings. The Morgan fingerprint density at radius 3 is 2.25 bits per heavy atom. The Kier molecular flexibility index (Phi) is 7.16. The van der Waals surface area contributed by atoms with E-state index in [1.807, 2.05) is 18.2 Å². The molecule has 0 saturated carbocycles. The third-order valence-corrected chi connectivity index (χ3v) is 2.10. The molecule has 1 atom stereocenters. The SMILES string of the molecule is CC1C(N)=Nc2ccccc21.CO.COC. The monoisotopic (exact) mass is 224 g/mol. The molecule has 16 heavy (non-hydrogen) atoms. The quantitative estimate of drug-likeness (QED) is 0.704. The zero-order valence-corrected chi connectivity index (χ0v) is 10.3. The summed E-state index contributed by atoms with van der Waals surface area (Å²) in [5.74, 6) is 1.03. The Balaban J connectivity index is 0.000000394. The molecular formula is C12H20N2O2. The van der Waals surface area contributed by atoms with Crippen LogP contribution in [0.1, 0.15) is 18.4 Å². The third-order valence-electron chi connectivity index (χ3n) is 2.10. The second kappa shape index (κ2) is 7.84. The number of nitrogens with two attached hydrogens (primary N) is 1. The van der Waals surface area contributed by atoms with Crippen molar-refractivity contribution < 1.29 is 9.84 Å². The molecule has 1 aromatic carbocycles. The van der Waals surface area contributed by atoms with Crippen molar-refractivity contribution >= 4 is 11.5 Å². The first-order valence-corrected chi connectivity index (χ1v) is 4.98. The standard InChI is InChI=1S/C9H10N2.C2H6O.CH4O/c1-6-7-4-2-3-5-8(7)11-9(6)10;1-3-2;1-2/h2-6H,1H3,(H2,10,11);1-2H3;2H,1H3. The molecule has 3 N–H and O–H groups in total. The van der Waals surface area contributed by atoms with Crippen LogP contribution >= 0.6 is 0 Å². The van der Waals surface area contributed by atoms with Gasteiger partial charge in [-0.2, -0.15) is 0 Å². The number of rotatable bonds is 0. The number of benzene rings is 1. The van der Waals surface area contributed by atoms with Gasteiger partial charge in [-0.05, 0) is 11.6 Å². The molecule has 4 heteroatoms. The van der Waals surface area contributed by atoms with E-state index in [0.29, 0.717) is 5.92 Å². The largest absolute Gasteiger partial charge is 0.400 e. The lowest BCUT2D eigenvalue weighted by molar-refractivity contribution is 0.277. The summed E-state index contributed by atoms with van der Waals surface area (Å²) in [5.41, 5.74) is 7.94. The number of aliphatic hydroxyl groups is 1. The Morgan fingerprint density at radius 1 is 1.25 bits per heavy atom. The van der Waals surface area contributed by atoms with Crippen LogP contribution in [0.2, 0.25) is 0 Å². The predicted molar refractivity (Wildman–Crippen MR) is 67.2 cm³/mol. The first-order chi connectivity index (χ1) is 7.70. The first kappa shape index (κ1) is 14.6. The summed E-state index contributed by atoms with van der Waals surface area (Å²) in [7, 11) is 4.25. The highest BCUT2D eigenvalue weighted by Crippen LogP contribution is 2.32. The van der Waals surface area contributed by atoms with Gasteiger partial charge in [0.25, 0.3) is 0 Å². The molecule has 0 fully saturated rings. The van der Waals surface area contributed by atoms with Gasteiger partial charge in [-0.15, -0.1) is 0 Å². The molecule has 1 aliphatic heterocycles. The fourth-order valence-corrected chi connectivity index (χ4v) is 1.35. The number of methoxy groups -OCH3 is 1. The van der Waals surface area contributed by atoms with E-state index in [9.17, 15) is 0 Å². The number of aliphatic imine (C=N–C) groups is 1. The second-order valence-corrected chi connectivity index (χ2v) is 3.23. The van der Waals surface area contributed by atoms with Gasteiger partial charge in [-0.3, -0.25) is 0 Å². The zero-order valence-electron chi connectivity index (χ0n) is 10.3. The molecule has 0 saturated heterocycles. The van der Waals surface area contributed by atoms with Crippen molar-refractivity contribution in [2.75, 3.05) is 21.3 Å². The van der Waals surface area contributed by atoms with E-state index < -0.39 is 0 Å². The van der Waals surface area contributed by atoms with Crippen LogP contribution in [-0.4, -0.2) is 32.3 Å². The van der Waals surface area contributed by atoms with Crippen molar-refractivity contribution in [3.63, 3.8) is 0 Å². The molecule has 2 rings (SSSR count). The number of para-hydroxylation sites is 1. The third kappa shape index (κ3) is 3.64. The van der Waals surface area contributed by atoms with Crippen molar-refractivity contribution in [2.45, 2.75) is 12.8 Å². The van der Waals surface area contributed by atoms with E-state index in [1.54, 1.807) is 14.2 Å². The minimum absolute atomic E-state index is 0.297. The fraction of sp³-hybridized carbons (Fsp3) is 0.417. The van der Waals surface area contributed by atoms with Gasteiger partial charge in [0.2, 0.25) is 0 Å². The van der Waals surface area contributed by atoms with E-state index in [1.165, 1.54) is 5.56 Å². The van der Waals surface area contributed by atoms with E-state index in [-0.39, 0.29) is 0 Å². The summed E-state index contributed by atoms with van der Waals surface area (Å²) in [4.78, 5) is 4.23. The smallest absolute Gasteiger partial charge is 0.107 e. The average Bonchev–Trinajstić information content (AvgIpc) is 2.60. The number of nitrogens with zero attached hydrogens (tertiary/aromatic N) is 1. The highest BCUT2D eigenvalue weighted by Gasteiger charge is 2.19. The average molecular weight is 224 g/mol. The molecule has 0 radical (unpaired) electrons. The maximum absolute atomic E-state index is 7.00. The lowest BCUT2D eigenvalue weighted by Crippen LogP contribution is -2.14. The molecule has 1 unspecified atom stereocenters. The molecule has 0 aliphatic carbocycles. The summed E-state index contributed by atoms with van der Waals surface area (Å²) in [6.07, 6.45) is 0. The number of ether oxygens (including phenoxy) is 1. The summed E-state index contributed by atoms with van der Waals surface area (Å²) in [5, 5.41) is 7.00. The van der Waals surface area contributed by atoms with Crippen molar-refractivity contribution in [3.05, 3.63) is 29.8 Å². The van der Waals surface area contributed by atoms with Gasteiger partial charge in [0, 0.05) is 27.2 Å². The number of fused-ring (bicyclic) bond motifs is 1. The number of aliphatic hydroxyl groups excluding tert-OH is 1. The van der Waals surface area contributed by atoms with E-state index >= 15 is 0 Å². The summed E-state index contributed by atoms with van der Waals surface area (Å²) in [6, 6.07) is 8.06. The lowest BCUT2D eigenvalue weighted by Gasteiger charge is -2.02. The maximum Gasteiger partial charge on any atom is 0.107 e. The molecule has 1 heterocycles. The van der Waals surface area contributed by atoms with Gasteiger partial charge >= 0.3 is 0 Å². The highest BCUT2D eigenvalue weighted by atomic mass is 16.4. The Hall–Kier alpha value is -1.39. The van der Waals surface area contributed by atoms with Crippen LogP contribution in [0.4, 0.5) is 5.69 Å². The first-order valence-electron chi connectivity index (χ1n) is 4.98. The Labute approximate surface area is 96.8 Å². The van der Waals surface area contributed by atoms with Gasteiger partial charge in [0.1, 0.15) is 5.84 Å². The van der Waals surface area contributed by atoms with Crippen molar-refractivity contribution in [1.29, 1.82) is 0 Å². The van der Waals surface area contributed by atoms with Gasteiger partial charge in [0.05, 0.1) is 5.69 Å². The van der Waals surface area contributed by atoms with Gasteiger partial charge < -0.3 is 15.6 Å². The number of hydrogen-bond donors (Lipinski definition) is 2. The van der Waals surface area contributed by atoms with Crippen LogP contribution in [0, 0.1) is 0 Å². The van der Waals surface area contributed by atoms with E-state index in [0.717, 1.165) is 18.6 Å². The molecule has 0 spiro atoms. The van der Waals surface area contributed by atoms with E-state index in [4.69, 9.17) is 10.8 Å². The van der Waals surface area contributed by atoms with Crippen LogP contribution < -0.4 is 5.73 Å². The summed E-state index contributed by atoms with van der Waals surface area (Å²) in [6.45, 7) is 2.07. The Morgan fingerprint density at radius 2 is 1.75 bits per heavy atom. The van der Waals surface area contributed by atoms with Gasteiger partial charge in [-0.1, -0.05) is 25.1 Å². The molecular weight excluding hydrogens is 204 g/mol.